The maximum absolute atomic E-state index is 12.4. The summed E-state index contributed by atoms with van der Waals surface area (Å²) in [5.74, 6) is 1.19. The van der Waals surface area contributed by atoms with Crippen molar-refractivity contribution in [3.05, 3.63) is 22.8 Å². The van der Waals surface area contributed by atoms with E-state index in [1.54, 1.807) is 12.0 Å². The summed E-state index contributed by atoms with van der Waals surface area (Å²) in [6.07, 6.45) is 0. The number of hydrogen-bond donors (Lipinski definition) is 1. The van der Waals surface area contributed by atoms with Crippen molar-refractivity contribution < 1.29 is 9.53 Å². The van der Waals surface area contributed by atoms with Gasteiger partial charge in [0, 0.05) is 25.8 Å². The number of nitrogens with zero attached hydrogens (tertiary/aromatic N) is 1. The average molecular weight is 262 g/mol. The van der Waals surface area contributed by atoms with Crippen LogP contribution in [0.2, 0.25) is 0 Å². The van der Waals surface area contributed by atoms with Crippen molar-refractivity contribution >= 4 is 11.6 Å². The van der Waals surface area contributed by atoms with Crippen LogP contribution >= 0.6 is 0 Å². The van der Waals surface area contributed by atoms with Crippen LogP contribution in [-0.4, -0.2) is 33.2 Å². The first-order chi connectivity index (χ1) is 8.97. The Morgan fingerprint density at radius 3 is 2.42 bits per heavy atom. The molecular weight excluding hydrogens is 240 g/mol. The highest BCUT2D eigenvalue weighted by Gasteiger charge is 2.29. The van der Waals surface area contributed by atoms with E-state index in [1.807, 2.05) is 33.9 Å². The van der Waals surface area contributed by atoms with Crippen LogP contribution in [-0.2, 0) is 4.79 Å². The van der Waals surface area contributed by atoms with Crippen LogP contribution in [0.4, 0.5) is 5.69 Å². The van der Waals surface area contributed by atoms with Crippen LogP contribution in [0.5, 0.6) is 5.75 Å². The molecule has 0 saturated carbocycles. The highest BCUT2D eigenvalue weighted by atomic mass is 16.5. The van der Waals surface area contributed by atoms with Crippen LogP contribution < -0.4 is 15.0 Å². The Labute approximate surface area is 114 Å². The van der Waals surface area contributed by atoms with Crippen LogP contribution in [0.3, 0.4) is 0 Å². The summed E-state index contributed by atoms with van der Waals surface area (Å²) in [5, 5.41) is 3.14. The molecule has 1 heterocycles. The number of nitrogens with one attached hydrogen (secondary N) is 1. The van der Waals surface area contributed by atoms with Gasteiger partial charge in [-0.3, -0.25) is 4.79 Å². The molecule has 0 radical (unpaired) electrons. The number of anilines is 1. The zero-order valence-corrected chi connectivity index (χ0v) is 12.3. The molecule has 1 aromatic carbocycles. The van der Waals surface area contributed by atoms with E-state index in [4.69, 9.17) is 4.74 Å². The minimum atomic E-state index is 0.117. The van der Waals surface area contributed by atoms with Gasteiger partial charge in [-0.05, 0) is 43.5 Å². The molecule has 2 rings (SSSR count). The number of rotatable bonds is 3. The van der Waals surface area contributed by atoms with E-state index in [1.165, 1.54) is 0 Å². The number of methoxy groups -OCH3 is 1. The Morgan fingerprint density at radius 1 is 1.32 bits per heavy atom. The molecule has 1 aromatic rings. The largest absolute Gasteiger partial charge is 0.496 e. The summed E-state index contributed by atoms with van der Waals surface area (Å²) in [5.41, 5.74) is 4.28. The summed E-state index contributed by atoms with van der Waals surface area (Å²) in [6.45, 7) is 7.67. The fraction of sp³-hybridized carbons (Fsp3) is 0.533. The van der Waals surface area contributed by atoms with Crippen molar-refractivity contribution in [2.75, 3.05) is 32.1 Å². The summed E-state index contributed by atoms with van der Waals surface area (Å²) >= 11 is 0. The third-order valence-corrected chi connectivity index (χ3v) is 4.03. The van der Waals surface area contributed by atoms with Gasteiger partial charge in [-0.2, -0.15) is 0 Å². The predicted molar refractivity (Wildman–Crippen MR) is 77.0 cm³/mol. The number of carbonyl (C=O) groups excluding carboxylic acids is 1. The molecular formula is C15H22N2O2. The van der Waals surface area contributed by atoms with Crippen molar-refractivity contribution in [2.24, 2.45) is 5.92 Å². The lowest BCUT2D eigenvalue weighted by atomic mass is 9.98. The molecule has 1 N–H and O–H groups in total. The van der Waals surface area contributed by atoms with E-state index in [0.717, 1.165) is 41.2 Å². The number of ether oxygens (including phenoxy) is 1. The molecule has 4 nitrogen and oxygen atoms in total. The Bertz CT molecular complexity index is 507. The summed E-state index contributed by atoms with van der Waals surface area (Å²) < 4.78 is 5.37. The molecule has 1 fully saturated rings. The highest BCUT2D eigenvalue weighted by molar-refractivity contribution is 5.97. The number of benzene rings is 1. The molecule has 1 aliphatic rings. The molecule has 0 aliphatic carbocycles. The lowest BCUT2D eigenvalue weighted by Gasteiger charge is -2.32. The molecule has 104 valence electrons. The Morgan fingerprint density at radius 2 is 1.95 bits per heavy atom. The maximum Gasteiger partial charge on any atom is 0.232 e. The topological polar surface area (TPSA) is 41.6 Å². The Hall–Kier alpha value is -1.55. The third-order valence-electron chi connectivity index (χ3n) is 4.03. The normalized spacial score (nSPS) is 15.0. The molecule has 0 aromatic heterocycles. The second-order valence-electron chi connectivity index (χ2n) is 5.25. The van der Waals surface area contributed by atoms with Gasteiger partial charge in [0.2, 0.25) is 5.91 Å². The number of hydrogen-bond acceptors (Lipinski definition) is 3. The van der Waals surface area contributed by atoms with Gasteiger partial charge in [-0.15, -0.1) is 0 Å². The van der Waals surface area contributed by atoms with E-state index >= 15 is 0 Å². The number of aryl methyl sites for hydroxylation is 1. The Balaban J connectivity index is 2.38. The van der Waals surface area contributed by atoms with Crippen molar-refractivity contribution in [1.82, 2.24) is 5.32 Å². The monoisotopic (exact) mass is 262 g/mol. The second kappa shape index (κ2) is 5.21. The van der Waals surface area contributed by atoms with Gasteiger partial charge in [0.25, 0.3) is 0 Å². The van der Waals surface area contributed by atoms with Crippen molar-refractivity contribution in [3.8, 4) is 5.75 Å². The van der Waals surface area contributed by atoms with E-state index in [0.29, 0.717) is 0 Å². The van der Waals surface area contributed by atoms with Gasteiger partial charge in [-0.25, -0.2) is 0 Å². The quantitative estimate of drug-likeness (QED) is 0.903. The van der Waals surface area contributed by atoms with Gasteiger partial charge in [0.15, 0.2) is 0 Å². The molecule has 1 aliphatic heterocycles. The highest BCUT2D eigenvalue weighted by Crippen LogP contribution is 2.33. The van der Waals surface area contributed by atoms with Gasteiger partial charge in [0.1, 0.15) is 5.75 Å². The fourth-order valence-corrected chi connectivity index (χ4v) is 2.61. The van der Waals surface area contributed by atoms with Crippen LogP contribution in [0.1, 0.15) is 16.7 Å². The van der Waals surface area contributed by atoms with E-state index < -0.39 is 0 Å². The van der Waals surface area contributed by atoms with Crippen molar-refractivity contribution in [1.29, 1.82) is 0 Å². The fourth-order valence-electron chi connectivity index (χ4n) is 2.61. The predicted octanol–water partition coefficient (Wildman–Crippen LogP) is 1.80. The SMILES string of the molecule is COc1cc(C)c(N(C)C(=O)C2CNC2)c(C)c1C. The number of amides is 1. The van der Waals surface area contributed by atoms with Crippen LogP contribution in [0.15, 0.2) is 6.07 Å². The van der Waals surface area contributed by atoms with E-state index in [-0.39, 0.29) is 11.8 Å². The van der Waals surface area contributed by atoms with Gasteiger partial charge in [-0.1, -0.05) is 0 Å². The molecule has 0 atom stereocenters. The molecule has 19 heavy (non-hydrogen) atoms. The van der Waals surface area contributed by atoms with Crippen LogP contribution in [0, 0.1) is 26.7 Å². The van der Waals surface area contributed by atoms with Gasteiger partial charge < -0.3 is 15.0 Å². The van der Waals surface area contributed by atoms with Gasteiger partial charge >= 0.3 is 0 Å². The Kier molecular flexibility index (Phi) is 3.80. The summed E-state index contributed by atoms with van der Waals surface area (Å²) in [6, 6.07) is 2.00. The first kappa shape index (κ1) is 13.9. The molecule has 0 spiro atoms. The lowest BCUT2D eigenvalue weighted by molar-refractivity contribution is -0.123. The zero-order chi connectivity index (χ0) is 14.2. The summed E-state index contributed by atoms with van der Waals surface area (Å²) in [7, 11) is 3.54. The molecule has 0 unspecified atom stereocenters. The minimum absolute atomic E-state index is 0.117. The zero-order valence-electron chi connectivity index (χ0n) is 12.3. The van der Waals surface area contributed by atoms with E-state index in [2.05, 4.69) is 5.32 Å². The molecule has 4 heteroatoms. The maximum atomic E-state index is 12.4. The first-order valence-corrected chi connectivity index (χ1v) is 6.60. The van der Waals surface area contributed by atoms with Crippen molar-refractivity contribution in [2.45, 2.75) is 20.8 Å². The smallest absolute Gasteiger partial charge is 0.232 e. The van der Waals surface area contributed by atoms with Crippen LogP contribution in [0.25, 0.3) is 0 Å². The molecule has 1 saturated heterocycles. The van der Waals surface area contributed by atoms with Crippen molar-refractivity contribution in [3.63, 3.8) is 0 Å². The lowest BCUT2D eigenvalue weighted by Crippen LogP contribution is -2.51. The average Bonchev–Trinajstić information content (AvgIpc) is 2.31. The number of carbonyl (C=O) groups is 1. The second-order valence-corrected chi connectivity index (χ2v) is 5.25. The summed E-state index contributed by atoms with van der Waals surface area (Å²) in [4.78, 5) is 14.1. The molecule has 1 amide bonds. The minimum Gasteiger partial charge on any atom is -0.496 e. The van der Waals surface area contributed by atoms with E-state index in [9.17, 15) is 4.79 Å². The first-order valence-electron chi connectivity index (χ1n) is 6.60. The van der Waals surface area contributed by atoms with Gasteiger partial charge in [0.05, 0.1) is 13.0 Å². The molecule has 0 bridgehead atoms. The standard InChI is InChI=1S/C15H22N2O2/c1-9-6-13(19-5)10(2)11(3)14(9)17(4)15(18)12-7-16-8-12/h6,12,16H,7-8H2,1-5H3. The third kappa shape index (κ3) is 2.32.